The molecule has 0 saturated carbocycles. The Morgan fingerprint density at radius 2 is 2.25 bits per heavy atom. The molecule has 1 atom stereocenters. The van der Waals surface area contributed by atoms with E-state index in [9.17, 15) is 4.79 Å². The van der Waals surface area contributed by atoms with Crippen molar-refractivity contribution in [2.24, 2.45) is 0 Å². The molecule has 1 saturated heterocycles. The fourth-order valence-corrected chi connectivity index (χ4v) is 2.78. The number of carbonyl (C=O) groups is 1. The van der Waals surface area contributed by atoms with E-state index in [0.717, 1.165) is 32.3 Å². The highest BCUT2D eigenvalue weighted by molar-refractivity contribution is 5.87. The minimum Gasteiger partial charge on any atom is -0.478 e. The van der Waals surface area contributed by atoms with E-state index in [1.165, 1.54) is 6.26 Å². The maximum atomic E-state index is 10.8. The van der Waals surface area contributed by atoms with E-state index in [0.29, 0.717) is 18.3 Å². The molecule has 0 radical (unpaired) electrons. The first-order valence-corrected chi connectivity index (χ1v) is 7.26. The first kappa shape index (κ1) is 15.1. The van der Waals surface area contributed by atoms with Crippen LogP contribution in [-0.2, 0) is 11.3 Å². The maximum absolute atomic E-state index is 10.8. The molecule has 1 fully saturated rings. The van der Waals surface area contributed by atoms with Gasteiger partial charge in [-0.15, -0.1) is 0 Å². The summed E-state index contributed by atoms with van der Waals surface area (Å²) in [5.41, 5.74) is 0.191. The highest BCUT2D eigenvalue weighted by Gasteiger charge is 2.34. The van der Waals surface area contributed by atoms with E-state index < -0.39 is 5.97 Å². The predicted octanol–water partition coefficient (Wildman–Crippen LogP) is 2.81. The third kappa shape index (κ3) is 3.41. The molecule has 2 heterocycles. The zero-order valence-electron chi connectivity index (χ0n) is 12.1. The second kappa shape index (κ2) is 6.41. The van der Waals surface area contributed by atoms with E-state index >= 15 is 0 Å². The molecule has 112 valence electrons. The van der Waals surface area contributed by atoms with Gasteiger partial charge in [0.15, 0.2) is 0 Å². The second-order valence-corrected chi connectivity index (χ2v) is 5.42. The highest BCUT2D eigenvalue weighted by Crippen LogP contribution is 2.31. The number of carboxylic acids is 1. The van der Waals surface area contributed by atoms with Crippen molar-refractivity contribution in [2.75, 3.05) is 6.61 Å². The van der Waals surface area contributed by atoms with Crippen molar-refractivity contribution >= 4 is 5.97 Å². The zero-order chi connectivity index (χ0) is 14.6. The van der Waals surface area contributed by atoms with E-state index in [4.69, 9.17) is 14.3 Å². The largest absolute Gasteiger partial charge is 0.478 e. The molecule has 2 N–H and O–H groups in total. The number of rotatable bonds is 6. The number of aromatic carboxylic acids is 1. The van der Waals surface area contributed by atoms with Crippen LogP contribution in [0.4, 0.5) is 0 Å². The quantitative estimate of drug-likeness (QED) is 0.839. The van der Waals surface area contributed by atoms with Gasteiger partial charge in [0.2, 0.25) is 0 Å². The fraction of sp³-hybridized carbons (Fsp3) is 0.667. The number of carboxylic acid groups (broad SMARTS) is 1. The third-order valence-electron chi connectivity index (χ3n) is 4.25. The summed E-state index contributed by atoms with van der Waals surface area (Å²) in [5.74, 6) is -0.297. The molecule has 1 unspecified atom stereocenters. The van der Waals surface area contributed by atoms with Crippen LogP contribution >= 0.6 is 0 Å². The Morgan fingerprint density at radius 3 is 2.85 bits per heavy atom. The van der Waals surface area contributed by atoms with Gasteiger partial charge in [-0.3, -0.25) is 0 Å². The lowest BCUT2D eigenvalue weighted by Crippen LogP contribution is -2.46. The van der Waals surface area contributed by atoms with Gasteiger partial charge in [-0.25, -0.2) is 4.79 Å². The Labute approximate surface area is 119 Å². The number of nitrogens with one attached hydrogen (secondary N) is 1. The van der Waals surface area contributed by atoms with Crippen molar-refractivity contribution < 1.29 is 19.1 Å². The molecule has 1 aromatic heterocycles. The maximum Gasteiger partial charge on any atom is 0.338 e. The van der Waals surface area contributed by atoms with Crippen molar-refractivity contribution in [1.82, 2.24) is 5.32 Å². The van der Waals surface area contributed by atoms with Crippen LogP contribution < -0.4 is 5.32 Å². The normalized spacial score (nSPS) is 21.8. The fourth-order valence-electron chi connectivity index (χ4n) is 2.78. The summed E-state index contributed by atoms with van der Waals surface area (Å²) in [6.45, 7) is 5.66. The Bertz CT molecular complexity index is 450. The van der Waals surface area contributed by atoms with Crippen LogP contribution in [-0.4, -0.2) is 29.3 Å². The summed E-state index contributed by atoms with van der Waals surface area (Å²) in [5, 5.41) is 12.3. The standard InChI is InChI=1S/C15H23NO4/c1-3-15(4-2)8-12(5-6-20-15)16-9-13-7-11(10-19-13)14(17)18/h7,10,12,16H,3-6,8-9H2,1-2H3,(H,17,18). The molecule has 0 spiro atoms. The summed E-state index contributed by atoms with van der Waals surface area (Å²) in [6, 6.07) is 1.96. The van der Waals surface area contributed by atoms with E-state index in [2.05, 4.69) is 19.2 Å². The molecule has 0 amide bonds. The molecule has 1 aliphatic rings. The van der Waals surface area contributed by atoms with Crippen LogP contribution in [0.15, 0.2) is 16.7 Å². The molecule has 5 nitrogen and oxygen atoms in total. The van der Waals surface area contributed by atoms with Crippen LogP contribution in [0.1, 0.15) is 55.6 Å². The molecule has 0 aromatic carbocycles. The predicted molar refractivity (Wildman–Crippen MR) is 74.8 cm³/mol. The Morgan fingerprint density at radius 1 is 1.50 bits per heavy atom. The average molecular weight is 281 g/mol. The lowest BCUT2D eigenvalue weighted by Gasteiger charge is -2.40. The van der Waals surface area contributed by atoms with Gasteiger partial charge in [-0.1, -0.05) is 13.8 Å². The lowest BCUT2D eigenvalue weighted by molar-refractivity contribution is -0.0933. The van der Waals surface area contributed by atoms with Crippen LogP contribution in [0, 0.1) is 0 Å². The van der Waals surface area contributed by atoms with Crippen molar-refractivity contribution in [1.29, 1.82) is 0 Å². The van der Waals surface area contributed by atoms with Gasteiger partial charge >= 0.3 is 5.97 Å². The average Bonchev–Trinajstić information content (AvgIpc) is 2.94. The van der Waals surface area contributed by atoms with Gasteiger partial charge in [-0.2, -0.15) is 0 Å². The topological polar surface area (TPSA) is 71.7 Å². The van der Waals surface area contributed by atoms with Gasteiger partial charge in [-0.05, 0) is 31.7 Å². The third-order valence-corrected chi connectivity index (χ3v) is 4.25. The first-order valence-electron chi connectivity index (χ1n) is 7.26. The summed E-state index contributed by atoms with van der Waals surface area (Å²) >= 11 is 0. The molecular weight excluding hydrogens is 258 g/mol. The molecule has 1 aliphatic heterocycles. The molecule has 0 aliphatic carbocycles. The minimum absolute atomic E-state index is 0.00863. The van der Waals surface area contributed by atoms with Gasteiger partial charge in [0.25, 0.3) is 0 Å². The van der Waals surface area contributed by atoms with Gasteiger partial charge in [0.05, 0.1) is 17.7 Å². The minimum atomic E-state index is -0.956. The van der Waals surface area contributed by atoms with Crippen molar-refractivity contribution in [3.8, 4) is 0 Å². The molecule has 20 heavy (non-hydrogen) atoms. The number of hydrogen-bond acceptors (Lipinski definition) is 4. The molecule has 0 bridgehead atoms. The summed E-state index contributed by atoms with van der Waals surface area (Å²) in [6.07, 6.45) is 5.30. The molecular formula is C15H23NO4. The Hall–Kier alpha value is -1.33. The lowest BCUT2D eigenvalue weighted by atomic mass is 9.86. The monoisotopic (exact) mass is 281 g/mol. The smallest absolute Gasteiger partial charge is 0.338 e. The Balaban J connectivity index is 1.88. The number of furan rings is 1. The summed E-state index contributed by atoms with van der Waals surface area (Å²) in [7, 11) is 0. The first-order chi connectivity index (χ1) is 9.58. The number of hydrogen-bond donors (Lipinski definition) is 2. The second-order valence-electron chi connectivity index (χ2n) is 5.42. The van der Waals surface area contributed by atoms with Crippen LogP contribution in [0.5, 0.6) is 0 Å². The van der Waals surface area contributed by atoms with Crippen LogP contribution in [0.2, 0.25) is 0 Å². The van der Waals surface area contributed by atoms with Gasteiger partial charge in [0, 0.05) is 12.6 Å². The van der Waals surface area contributed by atoms with E-state index in [-0.39, 0.29) is 11.2 Å². The van der Waals surface area contributed by atoms with Crippen molar-refractivity contribution in [3.63, 3.8) is 0 Å². The summed E-state index contributed by atoms with van der Waals surface area (Å²) in [4.78, 5) is 10.8. The van der Waals surface area contributed by atoms with Crippen molar-refractivity contribution in [3.05, 3.63) is 23.7 Å². The van der Waals surface area contributed by atoms with Crippen LogP contribution in [0.25, 0.3) is 0 Å². The van der Waals surface area contributed by atoms with Gasteiger partial charge in [0.1, 0.15) is 12.0 Å². The summed E-state index contributed by atoms with van der Waals surface area (Å²) < 4.78 is 11.2. The molecule has 5 heteroatoms. The van der Waals surface area contributed by atoms with Crippen LogP contribution in [0.3, 0.4) is 0 Å². The highest BCUT2D eigenvalue weighted by atomic mass is 16.5. The van der Waals surface area contributed by atoms with Crippen molar-refractivity contribution in [2.45, 2.75) is 57.7 Å². The molecule has 1 aromatic rings. The van der Waals surface area contributed by atoms with Gasteiger partial charge < -0.3 is 19.6 Å². The Kier molecular flexibility index (Phi) is 4.83. The van der Waals surface area contributed by atoms with E-state index in [1.54, 1.807) is 6.07 Å². The zero-order valence-corrected chi connectivity index (χ0v) is 12.1. The molecule has 2 rings (SSSR count). The SMILES string of the molecule is CCC1(CC)CC(NCc2cc(C(=O)O)co2)CCO1. The van der Waals surface area contributed by atoms with E-state index in [1.807, 2.05) is 0 Å². The number of ether oxygens (including phenoxy) is 1.